The van der Waals surface area contributed by atoms with Crippen LogP contribution < -0.4 is 16.2 Å². The first-order valence-electron chi connectivity index (χ1n) is 6.87. The van der Waals surface area contributed by atoms with E-state index in [1.165, 1.54) is 4.90 Å². The molecule has 118 valence electrons. The molecule has 7 heteroatoms. The van der Waals surface area contributed by atoms with Crippen molar-refractivity contribution in [3.8, 4) is 17.1 Å². The second-order valence-electron chi connectivity index (χ2n) is 5.03. The average molecular weight is 312 g/mol. The first kappa shape index (κ1) is 14.7. The van der Waals surface area contributed by atoms with Gasteiger partial charge in [-0.3, -0.25) is 9.69 Å². The van der Waals surface area contributed by atoms with Gasteiger partial charge in [0, 0.05) is 18.8 Å². The fourth-order valence-corrected chi connectivity index (χ4v) is 2.24. The van der Waals surface area contributed by atoms with Crippen molar-refractivity contribution in [2.45, 2.75) is 0 Å². The summed E-state index contributed by atoms with van der Waals surface area (Å²) in [4.78, 5) is 17.2. The predicted molar refractivity (Wildman–Crippen MR) is 87.5 cm³/mol. The molecule has 0 atom stereocenters. The second-order valence-corrected chi connectivity index (χ2v) is 5.03. The largest absolute Gasteiger partial charge is 0.496 e. The lowest BCUT2D eigenvalue weighted by Gasteiger charge is -2.06. The fourth-order valence-electron chi connectivity index (χ4n) is 2.24. The zero-order valence-corrected chi connectivity index (χ0v) is 12.7. The number of hydrogen-bond acceptors (Lipinski definition) is 6. The highest BCUT2D eigenvalue weighted by Crippen LogP contribution is 2.33. The number of furan rings is 1. The average Bonchev–Trinajstić information content (AvgIpc) is 3.09. The molecule has 0 saturated heterocycles. The number of anilines is 1. The molecular formula is C16H16N4O3. The van der Waals surface area contributed by atoms with Gasteiger partial charge in [0.15, 0.2) is 0 Å². The molecule has 0 spiro atoms. The van der Waals surface area contributed by atoms with E-state index in [1.54, 1.807) is 50.6 Å². The van der Waals surface area contributed by atoms with Gasteiger partial charge in [0.05, 0.1) is 12.7 Å². The molecule has 2 heterocycles. The number of guanidine groups is 1. The van der Waals surface area contributed by atoms with Crippen LogP contribution in [0.5, 0.6) is 5.75 Å². The lowest BCUT2D eigenvalue weighted by Crippen LogP contribution is -2.33. The van der Waals surface area contributed by atoms with Crippen LogP contribution in [0.2, 0.25) is 0 Å². The molecule has 23 heavy (non-hydrogen) atoms. The van der Waals surface area contributed by atoms with Crippen molar-refractivity contribution < 1.29 is 13.9 Å². The Bertz CT molecular complexity index is 836. The van der Waals surface area contributed by atoms with E-state index in [2.05, 4.69) is 4.99 Å². The van der Waals surface area contributed by atoms with E-state index in [1.807, 2.05) is 0 Å². The van der Waals surface area contributed by atoms with Crippen molar-refractivity contribution in [3.63, 3.8) is 0 Å². The summed E-state index contributed by atoms with van der Waals surface area (Å²) in [6.45, 7) is 0. The lowest BCUT2D eigenvalue weighted by molar-refractivity contribution is -0.121. The van der Waals surface area contributed by atoms with Gasteiger partial charge in [-0.2, -0.15) is 0 Å². The minimum Gasteiger partial charge on any atom is -0.496 e. The van der Waals surface area contributed by atoms with Gasteiger partial charge in [0.2, 0.25) is 5.96 Å². The molecule has 2 aromatic rings. The van der Waals surface area contributed by atoms with Gasteiger partial charge in [-0.25, -0.2) is 4.99 Å². The van der Waals surface area contributed by atoms with Crippen molar-refractivity contribution in [1.29, 1.82) is 0 Å². The molecule has 1 aromatic carbocycles. The van der Waals surface area contributed by atoms with Gasteiger partial charge < -0.3 is 20.6 Å². The summed E-state index contributed by atoms with van der Waals surface area (Å²) in [5, 5.41) is 0. The van der Waals surface area contributed by atoms with E-state index >= 15 is 0 Å². The first-order valence-corrected chi connectivity index (χ1v) is 6.87. The molecule has 0 saturated carbocycles. The van der Waals surface area contributed by atoms with E-state index in [-0.39, 0.29) is 17.6 Å². The number of methoxy groups -OCH3 is 1. The van der Waals surface area contributed by atoms with Gasteiger partial charge in [0.1, 0.15) is 23.0 Å². The number of rotatable bonds is 3. The summed E-state index contributed by atoms with van der Waals surface area (Å²) in [6.07, 6.45) is 1.54. The Morgan fingerprint density at radius 3 is 2.70 bits per heavy atom. The number of likely N-dealkylation sites (N-methyl/N-ethyl adjacent to an activating group) is 1. The Morgan fingerprint density at radius 1 is 1.26 bits per heavy atom. The highest BCUT2D eigenvalue weighted by atomic mass is 16.5. The fraction of sp³-hybridized carbons (Fsp3) is 0.125. The number of carbonyl (C=O) groups is 1. The molecular weight excluding hydrogens is 296 g/mol. The summed E-state index contributed by atoms with van der Waals surface area (Å²) in [6, 6.07) is 8.80. The Balaban J connectivity index is 1.96. The van der Waals surface area contributed by atoms with Crippen molar-refractivity contribution >= 4 is 23.6 Å². The summed E-state index contributed by atoms with van der Waals surface area (Å²) in [5.74, 6) is 1.59. The van der Waals surface area contributed by atoms with Crippen LogP contribution in [0.15, 0.2) is 45.4 Å². The molecule has 7 nitrogen and oxygen atoms in total. The number of benzene rings is 1. The van der Waals surface area contributed by atoms with Crippen LogP contribution in [0.25, 0.3) is 17.4 Å². The van der Waals surface area contributed by atoms with E-state index in [9.17, 15) is 4.79 Å². The van der Waals surface area contributed by atoms with Gasteiger partial charge in [-0.15, -0.1) is 0 Å². The molecule has 1 aliphatic heterocycles. The van der Waals surface area contributed by atoms with Crippen LogP contribution in [-0.2, 0) is 4.79 Å². The number of amides is 1. The number of carbonyl (C=O) groups excluding carboxylic acids is 1. The molecule has 0 unspecified atom stereocenters. The number of ether oxygens (including phenoxy) is 1. The molecule has 0 radical (unpaired) electrons. The van der Waals surface area contributed by atoms with Crippen molar-refractivity contribution in [2.75, 3.05) is 19.9 Å². The van der Waals surface area contributed by atoms with Crippen molar-refractivity contribution in [3.05, 3.63) is 41.8 Å². The van der Waals surface area contributed by atoms with Crippen LogP contribution >= 0.6 is 0 Å². The normalized spacial score (nSPS) is 16.1. The monoisotopic (exact) mass is 312 g/mol. The number of nitrogens with two attached hydrogens (primary N) is 2. The maximum Gasteiger partial charge on any atom is 0.279 e. The number of aliphatic imine (C=N–C) groups is 1. The number of hydrogen-bond donors (Lipinski definition) is 2. The third-order valence-corrected chi connectivity index (χ3v) is 3.50. The molecule has 1 aromatic heterocycles. The molecule has 3 rings (SSSR count). The van der Waals surface area contributed by atoms with E-state index in [0.29, 0.717) is 23.0 Å². The summed E-state index contributed by atoms with van der Waals surface area (Å²) in [5.41, 5.74) is 13.0. The Labute approximate surface area is 132 Å². The quantitative estimate of drug-likeness (QED) is 0.662. The Morgan fingerprint density at radius 2 is 2.04 bits per heavy atom. The molecule has 1 amide bonds. The number of nitrogens with zero attached hydrogens (tertiary/aromatic N) is 2. The zero-order chi connectivity index (χ0) is 16.6. The highest BCUT2D eigenvalue weighted by Gasteiger charge is 2.25. The second kappa shape index (κ2) is 5.53. The van der Waals surface area contributed by atoms with Crippen LogP contribution in [0.3, 0.4) is 0 Å². The van der Waals surface area contributed by atoms with Crippen LogP contribution in [0.4, 0.5) is 5.69 Å². The molecule has 4 N–H and O–H groups in total. The Kier molecular flexibility index (Phi) is 3.53. The third-order valence-electron chi connectivity index (χ3n) is 3.50. The predicted octanol–water partition coefficient (Wildman–Crippen LogP) is 1.67. The molecule has 0 aliphatic carbocycles. The van der Waals surface area contributed by atoms with Gasteiger partial charge in [-0.05, 0) is 30.3 Å². The maximum absolute atomic E-state index is 11.9. The van der Waals surface area contributed by atoms with Gasteiger partial charge in [-0.1, -0.05) is 0 Å². The van der Waals surface area contributed by atoms with E-state index in [4.69, 9.17) is 20.6 Å². The van der Waals surface area contributed by atoms with Crippen LogP contribution in [-0.4, -0.2) is 30.9 Å². The molecule has 0 bridgehead atoms. The van der Waals surface area contributed by atoms with Crippen molar-refractivity contribution in [1.82, 2.24) is 4.90 Å². The zero-order valence-electron chi connectivity index (χ0n) is 12.7. The van der Waals surface area contributed by atoms with E-state index in [0.717, 1.165) is 5.56 Å². The molecule has 1 aliphatic rings. The SMILES string of the molecule is COc1ccc(N)cc1-c1ccc(/C=C2/N=C(N)N(C)C2=O)o1. The summed E-state index contributed by atoms with van der Waals surface area (Å²) >= 11 is 0. The van der Waals surface area contributed by atoms with Gasteiger partial charge >= 0.3 is 0 Å². The topological polar surface area (TPSA) is 107 Å². The summed E-state index contributed by atoms with van der Waals surface area (Å²) in [7, 11) is 3.14. The highest BCUT2D eigenvalue weighted by molar-refractivity contribution is 6.12. The van der Waals surface area contributed by atoms with E-state index < -0.39 is 0 Å². The van der Waals surface area contributed by atoms with Crippen LogP contribution in [0.1, 0.15) is 5.76 Å². The maximum atomic E-state index is 11.9. The van der Waals surface area contributed by atoms with Gasteiger partial charge in [0.25, 0.3) is 5.91 Å². The lowest BCUT2D eigenvalue weighted by atomic mass is 10.1. The minimum absolute atomic E-state index is 0.158. The standard InChI is InChI=1S/C16H16N4O3/c1-20-15(21)12(19-16(20)18)8-10-4-6-14(23-10)11-7-9(17)3-5-13(11)22-2/h3-8H,17H2,1-2H3,(H2,18,19)/b12-8+. The van der Waals surface area contributed by atoms with Crippen LogP contribution in [0, 0.1) is 0 Å². The number of nitrogen functional groups attached to an aromatic ring is 1. The smallest absolute Gasteiger partial charge is 0.279 e. The first-order chi connectivity index (χ1) is 11.0. The summed E-state index contributed by atoms with van der Waals surface area (Å²) < 4.78 is 11.1. The Hall–Kier alpha value is -3.22. The molecule has 0 fully saturated rings. The minimum atomic E-state index is -0.276. The van der Waals surface area contributed by atoms with Crippen molar-refractivity contribution in [2.24, 2.45) is 10.7 Å². The third kappa shape index (κ3) is 2.64.